The zero-order chi connectivity index (χ0) is 24.6. The Bertz CT molecular complexity index is 1470. The molecule has 0 radical (unpaired) electrons. The van der Waals surface area contributed by atoms with E-state index in [0.29, 0.717) is 0 Å². The Morgan fingerprint density at radius 2 is 1.17 bits per heavy atom. The van der Waals surface area contributed by atoms with Gasteiger partial charge in [-0.1, -0.05) is 66.7 Å². The molecule has 8 rings (SSSR count). The van der Waals surface area contributed by atoms with Crippen molar-refractivity contribution in [2.24, 2.45) is 16.9 Å². The van der Waals surface area contributed by atoms with Gasteiger partial charge in [-0.3, -0.25) is 9.59 Å². The molecule has 1 saturated heterocycles. The second-order valence-electron chi connectivity index (χ2n) is 10.00. The molecular formula is C31H25N3O2. The van der Waals surface area contributed by atoms with Gasteiger partial charge in [0.2, 0.25) is 0 Å². The third-order valence-electron chi connectivity index (χ3n) is 8.22. The molecule has 3 aliphatic carbocycles. The Morgan fingerprint density at radius 1 is 0.694 bits per heavy atom. The first-order chi connectivity index (χ1) is 17.6. The maximum atomic E-state index is 13.7. The Morgan fingerprint density at radius 3 is 1.67 bits per heavy atom. The third kappa shape index (κ3) is 2.74. The zero-order valence-corrected chi connectivity index (χ0v) is 20.1. The Hall–Kier alpha value is -4.25. The van der Waals surface area contributed by atoms with Crippen LogP contribution < -0.4 is 0 Å². The summed E-state index contributed by atoms with van der Waals surface area (Å²) in [7, 11) is 0. The maximum absolute atomic E-state index is 13.7. The Labute approximate surface area is 209 Å². The fraction of sp³-hybridized carbons (Fsp3) is 0.194. The molecule has 0 saturated carbocycles. The van der Waals surface area contributed by atoms with Crippen LogP contribution in [0.1, 0.15) is 51.0 Å². The fourth-order valence-corrected chi connectivity index (χ4v) is 6.79. The van der Waals surface area contributed by atoms with Crippen LogP contribution in [0.4, 0.5) is 0 Å². The van der Waals surface area contributed by atoms with E-state index in [1.807, 2.05) is 62.4 Å². The van der Waals surface area contributed by atoms with Gasteiger partial charge in [-0.25, -0.2) is 0 Å². The summed E-state index contributed by atoms with van der Waals surface area (Å²) in [6.45, 7) is 4.08. The Balaban J connectivity index is 1.28. The van der Waals surface area contributed by atoms with Gasteiger partial charge in [0.05, 0.1) is 18.1 Å². The SMILES string of the molecule is Cc1cc(/C=N\N2C(=O)[C@H]3C4c5ccccc5C(c5ccccc54)[C@@H]3C2=O)c(C)n1-c1ccccc1. The highest BCUT2D eigenvalue weighted by molar-refractivity contribution is 6.08. The molecule has 5 nitrogen and oxygen atoms in total. The lowest BCUT2D eigenvalue weighted by Gasteiger charge is -2.45. The topological polar surface area (TPSA) is 54.7 Å². The van der Waals surface area contributed by atoms with E-state index in [-0.39, 0.29) is 23.7 Å². The summed E-state index contributed by atoms with van der Waals surface area (Å²) in [5.74, 6) is -1.46. The number of hydrogen-bond donors (Lipinski definition) is 0. The van der Waals surface area contributed by atoms with E-state index in [1.54, 1.807) is 6.21 Å². The van der Waals surface area contributed by atoms with Gasteiger partial charge < -0.3 is 4.57 Å². The van der Waals surface area contributed by atoms with Gasteiger partial charge in [0.25, 0.3) is 11.8 Å². The van der Waals surface area contributed by atoms with E-state index in [4.69, 9.17) is 0 Å². The number of carbonyl (C=O) groups is 2. The van der Waals surface area contributed by atoms with Crippen molar-refractivity contribution in [1.82, 2.24) is 9.58 Å². The van der Waals surface area contributed by atoms with Crippen molar-refractivity contribution in [2.45, 2.75) is 25.7 Å². The van der Waals surface area contributed by atoms with Crippen molar-refractivity contribution in [1.29, 1.82) is 0 Å². The van der Waals surface area contributed by atoms with Gasteiger partial charge in [-0.15, -0.1) is 0 Å². The van der Waals surface area contributed by atoms with E-state index >= 15 is 0 Å². The number of carbonyl (C=O) groups excluding carboxylic acids is 2. The van der Waals surface area contributed by atoms with Gasteiger partial charge in [0, 0.05) is 34.5 Å². The highest BCUT2D eigenvalue weighted by Gasteiger charge is 2.61. The lowest BCUT2D eigenvalue weighted by Crippen LogP contribution is -2.41. The van der Waals surface area contributed by atoms with Crippen molar-refractivity contribution >= 4 is 18.0 Å². The van der Waals surface area contributed by atoms with E-state index < -0.39 is 11.8 Å². The van der Waals surface area contributed by atoms with Crippen LogP contribution in [0, 0.1) is 25.7 Å². The standard InChI is InChI=1S/C31H25N3O2/c1-18-16-20(19(2)33(18)21-10-4-3-5-11-21)17-32-34-30(35)28-26-22-12-6-7-13-23(22)27(29(28)31(34)36)25-15-9-8-14-24(25)26/h3-17,26-29H,1-2H3/b32-17-/t26?,27?,28-,29-/m0/s1. The molecule has 5 heteroatoms. The van der Waals surface area contributed by atoms with Crippen molar-refractivity contribution in [3.8, 4) is 5.69 Å². The van der Waals surface area contributed by atoms with Gasteiger partial charge >= 0.3 is 0 Å². The summed E-state index contributed by atoms with van der Waals surface area (Å²) in [6, 6.07) is 28.7. The molecule has 1 aliphatic heterocycles. The first kappa shape index (κ1) is 21.1. The van der Waals surface area contributed by atoms with Crippen molar-refractivity contribution < 1.29 is 9.59 Å². The molecule has 1 fully saturated rings. The fourth-order valence-electron chi connectivity index (χ4n) is 6.79. The number of benzene rings is 3. The van der Waals surface area contributed by atoms with Crippen LogP contribution in [0.25, 0.3) is 5.69 Å². The number of para-hydroxylation sites is 1. The molecule has 2 heterocycles. The summed E-state index contributed by atoms with van der Waals surface area (Å²) in [4.78, 5) is 27.5. The molecule has 36 heavy (non-hydrogen) atoms. The smallest absolute Gasteiger partial charge is 0.254 e. The van der Waals surface area contributed by atoms with Crippen molar-refractivity contribution in [3.63, 3.8) is 0 Å². The third-order valence-corrected chi connectivity index (χ3v) is 8.22. The lowest BCUT2D eigenvalue weighted by molar-refractivity contribution is -0.139. The van der Waals surface area contributed by atoms with Gasteiger partial charge in [-0.2, -0.15) is 10.1 Å². The second kappa shape index (κ2) is 7.62. The minimum atomic E-state index is -0.416. The largest absolute Gasteiger partial charge is 0.318 e. The van der Waals surface area contributed by atoms with E-state index in [9.17, 15) is 9.59 Å². The molecule has 0 unspecified atom stereocenters. The van der Waals surface area contributed by atoms with Crippen LogP contribution in [0.2, 0.25) is 0 Å². The minimum absolute atomic E-state index is 0.118. The summed E-state index contributed by atoms with van der Waals surface area (Å²) in [5, 5.41) is 5.65. The van der Waals surface area contributed by atoms with Crippen LogP contribution in [-0.4, -0.2) is 27.6 Å². The Kier molecular flexibility index (Phi) is 4.46. The number of aromatic nitrogens is 1. The monoisotopic (exact) mass is 471 g/mol. The van der Waals surface area contributed by atoms with Crippen LogP contribution in [0.5, 0.6) is 0 Å². The summed E-state index contributed by atoms with van der Waals surface area (Å²) in [5.41, 5.74) is 8.71. The number of amides is 2. The summed E-state index contributed by atoms with van der Waals surface area (Å²) in [6.07, 6.45) is 1.66. The van der Waals surface area contributed by atoms with Crippen molar-refractivity contribution in [3.05, 3.63) is 124 Å². The van der Waals surface area contributed by atoms with Crippen molar-refractivity contribution in [2.75, 3.05) is 0 Å². The molecule has 4 aromatic rings. The predicted octanol–water partition coefficient (Wildman–Crippen LogP) is 5.32. The summed E-state index contributed by atoms with van der Waals surface area (Å²) >= 11 is 0. The second-order valence-corrected chi connectivity index (χ2v) is 10.00. The average Bonchev–Trinajstić information content (AvgIpc) is 3.34. The predicted molar refractivity (Wildman–Crippen MR) is 138 cm³/mol. The van der Waals surface area contributed by atoms with E-state index in [1.165, 1.54) is 22.3 Å². The number of hydrogen-bond acceptors (Lipinski definition) is 3. The molecule has 0 N–H and O–H groups in total. The first-order valence-electron chi connectivity index (χ1n) is 12.4. The van der Waals surface area contributed by atoms with Gasteiger partial charge in [0.15, 0.2) is 0 Å². The molecule has 2 bridgehead atoms. The number of aryl methyl sites for hydroxylation is 1. The molecule has 1 aromatic heterocycles. The zero-order valence-electron chi connectivity index (χ0n) is 20.1. The number of rotatable bonds is 3. The highest BCUT2D eigenvalue weighted by Crippen LogP contribution is 2.60. The molecule has 3 aromatic carbocycles. The number of imide groups is 1. The average molecular weight is 472 g/mol. The minimum Gasteiger partial charge on any atom is -0.318 e. The molecule has 2 amide bonds. The van der Waals surface area contributed by atoms with E-state index in [0.717, 1.165) is 27.6 Å². The molecular weight excluding hydrogens is 446 g/mol. The molecule has 4 aliphatic rings. The summed E-state index contributed by atoms with van der Waals surface area (Å²) < 4.78 is 2.16. The van der Waals surface area contributed by atoms with E-state index in [2.05, 4.69) is 46.1 Å². The van der Waals surface area contributed by atoms with Gasteiger partial charge in [0.1, 0.15) is 0 Å². The lowest BCUT2D eigenvalue weighted by atomic mass is 9.55. The molecule has 2 atom stereocenters. The van der Waals surface area contributed by atoms with Crippen LogP contribution in [0.3, 0.4) is 0 Å². The van der Waals surface area contributed by atoms with Crippen LogP contribution in [0.15, 0.2) is 90.0 Å². The van der Waals surface area contributed by atoms with Gasteiger partial charge in [-0.05, 0) is 54.3 Å². The number of nitrogens with zero attached hydrogens (tertiary/aromatic N) is 3. The van der Waals surface area contributed by atoms with Crippen LogP contribution in [-0.2, 0) is 9.59 Å². The van der Waals surface area contributed by atoms with Crippen LogP contribution >= 0.6 is 0 Å². The highest BCUT2D eigenvalue weighted by atomic mass is 16.2. The quantitative estimate of drug-likeness (QED) is 0.300. The molecule has 0 spiro atoms. The number of hydrazone groups is 1. The maximum Gasteiger partial charge on any atom is 0.254 e. The normalized spacial score (nSPS) is 23.8. The molecule has 176 valence electrons. The first-order valence-corrected chi connectivity index (χ1v) is 12.4.